The van der Waals surface area contributed by atoms with Crippen LogP contribution in [0.5, 0.6) is 0 Å². The van der Waals surface area contributed by atoms with Gasteiger partial charge in [-0.1, -0.05) is 29.8 Å². The van der Waals surface area contributed by atoms with Crippen molar-refractivity contribution in [2.24, 2.45) is 0 Å². The van der Waals surface area contributed by atoms with Crippen LogP contribution in [0.4, 0.5) is 0 Å². The summed E-state index contributed by atoms with van der Waals surface area (Å²) in [6.07, 6.45) is 1.18. The largest absolute Gasteiger partial charge is 0.480 e. The monoisotopic (exact) mass is 315 g/mol. The van der Waals surface area contributed by atoms with Gasteiger partial charge in [-0.2, -0.15) is 4.80 Å². The van der Waals surface area contributed by atoms with E-state index in [-0.39, 0.29) is 12.5 Å². The fourth-order valence-corrected chi connectivity index (χ4v) is 2.66. The van der Waals surface area contributed by atoms with Crippen molar-refractivity contribution in [3.63, 3.8) is 0 Å². The highest BCUT2D eigenvalue weighted by atomic mass is 16.4. The molecule has 1 fully saturated rings. The number of rotatable bonds is 4. The Balaban J connectivity index is 1.70. The topological polar surface area (TPSA) is 101 Å². The zero-order valence-electron chi connectivity index (χ0n) is 12.7. The first-order valence-corrected chi connectivity index (χ1v) is 7.42. The second kappa shape index (κ2) is 6.15. The van der Waals surface area contributed by atoms with Gasteiger partial charge >= 0.3 is 5.97 Å². The number of nitrogens with zero attached hydrogens (tertiary/aromatic N) is 5. The molecule has 8 nitrogen and oxygen atoms in total. The summed E-state index contributed by atoms with van der Waals surface area (Å²) in [5.41, 5.74) is 1.95. The third-order valence-electron chi connectivity index (χ3n) is 3.90. The molecule has 1 aromatic carbocycles. The summed E-state index contributed by atoms with van der Waals surface area (Å²) >= 11 is 0. The minimum absolute atomic E-state index is 0.108. The van der Waals surface area contributed by atoms with Gasteiger partial charge in [0.1, 0.15) is 12.6 Å². The molecule has 1 saturated heterocycles. The molecule has 1 amide bonds. The van der Waals surface area contributed by atoms with Gasteiger partial charge in [0.05, 0.1) is 0 Å². The molecule has 0 bridgehead atoms. The summed E-state index contributed by atoms with van der Waals surface area (Å²) in [5, 5.41) is 21.1. The zero-order valence-corrected chi connectivity index (χ0v) is 12.7. The second-order valence-corrected chi connectivity index (χ2v) is 5.59. The van der Waals surface area contributed by atoms with E-state index in [1.165, 1.54) is 9.70 Å². The standard InChI is InChI=1S/C15H17N5O3/c1-10-4-6-11(7-5-10)14-16-18-20(17-14)9-13(21)19-8-2-3-12(19)15(22)23/h4-7,12H,2-3,8-9H2,1H3,(H,22,23)/t12-/m0/s1. The highest BCUT2D eigenvalue weighted by Gasteiger charge is 2.34. The molecule has 1 N–H and O–H groups in total. The van der Waals surface area contributed by atoms with Crippen LogP contribution < -0.4 is 0 Å². The maximum atomic E-state index is 12.3. The second-order valence-electron chi connectivity index (χ2n) is 5.59. The van der Waals surface area contributed by atoms with Crippen molar-refractivity contribution in [3.8, 4) is 11.4 Å². The molecule has 0 spiro atoms. The number of hydrogen-bond acceptors (Lipinski definition) is 5. The maximum absolute atomic E-state index is 12.3. The van der Waals surface area contributed by atoms with Crippen LogP contribution in [0.15, 0.2) is 24.3 Å². The number of hydrogen-bond donors (Lipinski definition) is 1. The van der Waals surface area contributed by atoms with Gasteiger partial charge in [0.2, 0.25) is 11.7 Å². The molecule has 1 aliphatic heterocycles. The predicted molar refractivity (Wildman–Crippen MR) is 80.4 cm³/mol. The molecule has 2 heterocycles. The molecular weight excluding hydrogens is 298 g/mol. The summed E-state index contributed by atoms with van der Waals surface area (Å²) in [7, 11) is 0. The average Bonchev–Trinajstić information content (AvgIpc) is 3.16. The summed E-state index contributed by atoms with van der Waals surface area (Å²) in [6, 6.07) is 6.92. The molecule has 8 heteroatoms. The lowest BCUT2D eigenvalue weighted by Crippen LogP contribution is -2.42. The number of aryl methyl sites for hydroxylation is 1. The molecule has 1 aliphatic rings. The molecule has 1 atom stereocenters. The number of likely N-dealkylation sites (tertiary alicyclic amines) is 1. The molecule has 120 valence electrons. The van der Waals surface area contributed by atoms with Crippen LogP contribution in [0, 0.1) is 6.92 Å². The lowest BCUT2D eigenvalue weighted by molar-refractivity contribution is -0.148. The Bertz CT molecular complexity index is 725. The maximum Gasteiger partial charge on any atom is 0.326 e. The van der Waals surface area contributed by atoms with Crippen LogP contribution in [0.2, 0.25) is 0 Å². The van der Waals surface area contributed by atoms with E-state index >= 15 is 0 Å². The van der Waals surface area contributed by atoms with Gasteiger partial charge in [-0.15, -0.1) is 10.2 Å². The van der Waals surface area contributed by atoms with Crippen LogP contribution in [0.3, 0.4) is 0 Å². The van der Waals surface area contributed by atoms with E-state index < -0.39 is 12.0 Å². The number of benzene rings is 1. The quantitative estimate of drug-likeness (QED) is 0.892. The lowest BCUT2D eigenvalue weighted by Gasteiger charge is -2.20. The molecule has 0 radical (unpaired) electrons. The highest BCUT2D eigenvalue weighted by Crippen LogP contribution is 2.18. The van der Waals surface area contributed by atoms with Gasteiger partial charge in [0.15, 0.2) is 0 Å². The van der Waals surface area contributed by atoms with Crippen LogP contribution in [0.1, 0.15) is 18.4 Å². The Morgan fingerprint density at radius 1 is 1.30 bits per heavy atom. The number of aliphatic carboxylic acids is 1. The van der Waals surface area contributed by atoms with Gasteiger partial charge in [-0.25, -0.2) is 4.79 Å². The van der Waals surface area contributed by atoms with Crippen LogP contribution in [0.25, 0.3) is 11.4 Å². The Morgan fingerprint density at radius 2 is 2.04 bits per heavy atom. The Morgan fingerprint density at radius 3 is 2.74 bits per heavy atom. The van der Waals surface area contributed by atoms with E-state index in [0.717, 1.165) is 11.1 Å². The fourth-order valence-electron chi connectivity index (χ4n) is 2.66. The molecular formula is C15H17N5O3. The third kappa shape index (κ3) is 3.20. The Hall–Kier alpha value is -2.77. The molecule has 1 aromatic heterocycles. The highest BCUT2D eigenvalue weighted by molar-refractivity contribution is 5.84. The zero-order chi connectivity index (χ0) is 16.4. The summed E-state index contributed by atoms with van der Waals surface area (Å²) in [5.74, 6) is -0.834. The van der Waals surface area contributed by atoms with Crippen molar-refractivity contribution >= 4 is 11.9 Å². The fraction of sp³-hybridized carbons (Fsp3) is 0.400. The van der Waals surface area contributed by atoms with E-state index in [1.54, 1.807) is 0 Å². The first-order valence-electron chi connectivity index (χ1n) is 7.42. The van der Waals surface area contributed by atoms with Crippen LogP contribution in [-0.2, 0) is 16.1 Å². The van der Waals surface area contributed by atoms with Gasteiger partial charge in [0, 0.05) is 12.1 Å². The molecule has 23 heavy (non-hydrogen) atoms. The van der Waals surface area contributed by atoms with Crippen LogP contribution >= 0.6 is 0 Å². The van der Waals surface area contributed by atoms with Crippen molar-refractivity contribution in [1.82, 2.24) is 25.1 Å². The summed E-state index contributed by atoms with van der Waals surface area (Å²) in [6.45, 7) is 2.33. The smallest absolute Gasteiger partial charge is 0.326 e. The average molecular weight is 315 g/mol. The molecule has 0 unspecified atom stereocenters. The van der Waals surface area contributed by atoms with E-state index in [9.17, 15) is 9.59 Å². The van der Waals surface area contributed by atoms with E-state index in [4.69, 9.17) is 5.11 Å². The van der Waals surface area contributed by atoms with Gasteiger partial charge < -0.3 is 10.0 Å². The van der Waals surface area contributed by atoms with E-state index in [2.05, 4.69) is 15.4 Å². The Kier molecular flexibility index (Phi) is 4.05. The number of aromatic nitrogens is 4. The SMILES string of the molecule is Cc1ccc(-c2nnn(CC(=O)N3CCC[C@H]3C(=O)O)n2)cc1. The first-order chi connectivity index (χ1) is 11.0. The minimum atomic E-state index is -0.970. The molecule has 3 rings (SSSR count). The first kappa shape index (κ1) is 15.1. The predicted octanol–water partition coefficient (Wildman–Crippen LogP) is 0.724. The van der Waals surface area contributed by atoms with E-state index in [1.807, 2.05) is 31.2 Å². The molecule has 2 aromatic rings. The number of carbonyl (C=O) groups is 2. The van der Waals surface area contributed by atoms with Gasteiger partial charge in [-0.3, -0.25) is 4.79 Å². The number of carboxylic acids is 1. The van der Waals surface area contributed by atoms with Crippen LogP contribution in [-0.4, -0.2) is 54.7 Å². The number of carbonyl (C=O) groups excluding carboxylic acids is 1. The van der Waals surface area contributed by atoms with Gasteiger partial charge in [-0.05, 0) is 25.0 Å². The van der Waals surface area contributed by atoms with E-state index in [0.29, 0.717) is 25.2 Å². The number of amides is 1. The summed E-state index contributed by atoms with van der Waals surface area (Å²) in [4.78, 5) is 26.0. The normalized spacial score (nSPS) is 17.4. The van der Waals surface area contributed by atoms with Crippen molar-refractivity contribution in [3.05, 3.63) is 29.8 Å². The Labute approximate surface area is 132 Å². The molecule has 0 saturated carbocycles. The molecule has 0 aliphatic carbocycles. The third-order valence-corrected chi connectivity index (χ3v) is 3.90. The number of tetrazole rings is 1. The van der Waals surface area contributed by atoms with Crippen molar-refractivity contribution in [2.75, 3.05) is 6.54 Å². The number of carboxylic acid groups (broad SMARTS) is 1. The van der Waals surface area contributed by atoms with Gasteiger partial charge in [0.25, 0.3) is 0 Å². The minimum Gasteiger partial charge on any atom is -0.480 e. The lowest BCUT2D eigenvalue weighted by atomic mass is 10.1. The van der Waals surface area contributed by atoms with Crippen molar-refractivity contribution < 1.29 is 14.7 Å². The van der Waals surface area contributed by atoms with Crippen molar-refractivity contribution in [2.45, 2.75) is 32.4 Å². The summed E-state index contributed by atoms with van der Waals surface area (Å²) < 4.78 is 0. The van der Waals surface area contributed by atoms with Crippen molar-refractivity contribution in [1.29, 1.82) is 0 Å².